The van der Waals surface area contributed by atoms with E-state index in [2.05, 4.69) is 21.4 Å². The van der Waals surface area contributed by atoms with Crippen LogP contribution in [-0.4, -0.2) is 9.97 Å². The molecular weight excluding hydrogens is 238 g/mol. The maximum Gasteiger partial charge on any atom is 0.134 e. The monoisotopic (exact) mass is 253 g/mol. The molecule has 0 spiro atoms. The Labute approximate surface area is 112 Å². The first-order valence-corrected chi connectivity index (χ1v) is 6.07. The van der Waals surface area contributed by atoms with Crippen molar-refractivity contribution in [2.24, 2.45) is 0 Å². The number of nitrogens with zero attached hydrogens (tertiary/aromatic N) is 3. The highest BCUT2D eigenvalue weighted by atomic mass is 15.0. The summed E-state index contributed by atoms with van der Waals surface area (Å²) in [5.41, 5.74) is 8.48. The highest BCUT2D eigenvalue weighted by Crippen LogP contribution is 2.18. The minimum Gasteiger partial charge on any atom is -0.383 e. The van der Waals surface area contributed by atoms with Gasteiger partial charge < -0.3 is 11.1 Å². The molecule has 5 heteroatoms. The topological polar surface area (TPSA) is 87.6 Å². The SMILES string of the molecule is CCc1c(N)ncnc1NCc1ccc(C#N)cc1. The highest BCUT2D eigenvalue weighted by molar-refractivity contribution is 5.55. The van der Waals surface area contributed by atoms with E-state index in [1.807, 2.05) is 19.1 Å². The van der Waals surface area contributed by atoms with E-state index in [9.17, 15) is 0 Å². The van der Waals surface area contributed by atoms with Gasteiger partial charge in [0.2, 0.25) is 0 Å². The summed E-state index contributed by atoms with van der Waals surface area (Å²) in [6.45, 7) is 2.65. The number of nitrogen functional groups attached to an aromatic ring is 1. The Hall–Kier alpha value is -2.61. The fourth-order valence-electron chi connectivity index (χ4n) is 1.81. The standard InChI is InChI=1S/C14H15N5/c1-2-12-13(16)18-9-19-14(12)17-8-11-5-3-10(7-15)4-6-11/h3-6,9H,2,8H2,1H3,(H3,16,17,18,19). The Balaban J connectivity index is 2.10. The molecule has 5 nitrogen and oxygen atoms in total. The molecule has 1 aromatic heterocycles. The molecule has 0 atom stereocenters. The van der Waals surface area contributed by atoms with E-state index in [0.717, 1.165) is 23.4 Å². The maximum atomic E-state index is 8.74. The van der Waals surface area contributed by atoms with Crippen molar-refractivity contribution in [2.45, 2.75) is 19.9 Å². The van der Waals surface area contributed by atoms with Crippen molar-refractivity contribution in [3.8, 4) is 6.07 Å². The average Bonchev–Trinajstić information content (AvgIpc) is 2.45. The molecule has 2 rings (SSSR count). The summed E-state index contributed by atoms with van der Waals surface area (Å²) in [5.74, 6) is 1.28. The number of aromatic nitrogens is 2. The van der Waals surface area contributed by atoms with Crippen molar-refractivity contribution in [3.05, 3.63) is 47.3 Å². The lowest BCUT2D eigenvalue weighted by molar-refractivity contribution is 1.02. The van der Waals surface area contributed by atoms with Gasteiger partial charge >= 0.3 is 0 Å². The number of hydrogen-bond donors (Lipinski definition) is 2. The van der Waals surface area contributed by atoms with Crippen LogP contribution < -0.4 is 11.1 Å². The molecule has 0 aliphatic carbocycles. The number of benzene rings is 1. The van der Waals surface area contributed by atoms with Crippen LogP contribution in [0.4, 0.5) is 11.6 Å². The Morgan fingerprint density at radius 2 is 2.00 bits per heavy atom. The van der Waals surface area contributed by atoms with Crippen LogP contribution in [0.5, 0.6) is 0 Å². The Kier molecular flexibility index (Phi) is 3.94. The summed E-state index contributed by atoms with van der Waals surface area (Å²) in [4.78, 5) is 8.18. The van der Waals surface area contributed by atoms with Crippen molar-refractivity contribution in [2.75, 3.05) is 11.1 Å². The predicted molar refractivity (Wildman–Crippen MR) is 74.3 cm³/mol. The number of nitrogens with one attached hydrogen (secondary N) is 1. The van der Waals surface area contributed by atoms with Crippen LogP contribution >= 0.6 is 0 Å². The average molecular weight is 253 g/mol. The smallest absolute Gasteiger partial charge is 0.134 e. The van der Waals surface area contributed by atoms with Crippen molar-refractivity contribution in [1.29, 1.82) is 5.26 Å². The third-order valence-corrected chi connectivity index (χ3v) is 2.88. The van der Waals surface area contributed by atoms with Gasteiger partial charge in [0.1, 0.15) is 18.0 Å². The molecule has 0 radical (unpaired) electrons. The lowest BCUT2D eigenvalue weighted by Gasteiger charge is -2.11. The Bertz CT molecular complexity index is 598. The van der Waals surface area contributed by atoms with Crippen LogP contribution in [0.1, 0.15) is 23.6 Å². The molecule has 1 aromatic carbocycles. The molecule has 3 N–H and O–H groups in total. The molecule has 0 aliphatic heterocycles. The molecule has 96 valence electrons. The van der Waals surface area contributed by atoms with Crippen LogP contribution in [0, 0.1) is 11.3 Å². The van der Waals surface area contributed by atoms with E-state index in [-0.39, 0.29) is 0 Å². The van der Waals surface area contributed by atoms with Crippen LogP contribution in [0.2, 0.25) is 0 Å². The van der Waals surface area contributed by atoms with Gasteiger partial charge in [-0.2, -0.15) is 5.26 Å². The van der Waals surface area contributed by atoms with Crippen molar-refractivity contribution in [1.82, 2.24) is 9.97 Å². The molecule has 1 heterocycles. The van der Waals surface area contributed by atoms with Crippen LogP contribution in [-0.2, 0) is 13.0 Å². The van der Waals surface area contributed by atoms with Crippen molar-refractivity contribution < 1.29 is 0 Å². The van der Waals surface area contributed by atoms with E-state index in [4.69, 9.17) is 11.0 Å². The number of nitrogens with two attached hydrogens (primary N) is 1. The zero-order chi connectivity index (χ0) is 13.7. The molecular formula is C14H15N5. The molecule has 0 amide bonds. The normalized spacial score (nSPS) is 9.89. The molecule has 2 aromatic rings. The molecule has 0 saturated heterocycles. The van der Waals surface area contributed by atoms with Gasteiger partial charge in [0.05, 0.1) is 11.6 Å². The summed E-state index contributed by atoms with van der Waals surface area (Å²) in [6.07, 6.45) is 2.23. The number of rotatable bonds is 4. The third kappa shape index (κ3) is 2.99. The first kappa shape index (κ1) is 12.8. The van der Waals surface area contributed by atoms with E-state index in [0.29, 0.717) is 17.9 Å². The molecule has 0 bridgehead atoms. The second-order valence-electron chi connectivity index (χ2n) is 4.10. The van der Waals surface area contributed by atoms with Gasteiger partial charge in [0.25, 0.3) is 0 Å². The van der Waals surface area contributed by atoms with Crippen LogP contribution in [0.3, 0.4) is 0 Å². The number of nitriles is 1. The first-order chi connectivity index (χ1) is 9.24. The minimum atomic E-state index is 0.514. The summed E-state index contributed by atoms with van der Waals surface area (Å²) < 4.78 is 0. The quantitative estimate of drug-likeness (QED) is 0.871. The van der Waals surface area contributed by atoms with Gasteiger partial charge in [-0.3, -0.25) is 0 Å². The zero-order valence-corrected chi connectivity index (χ0v) is 10.7. The molecule has 0 aliphatic rings. The Morgan fingerprint density at radius 3 is 2.63 bits per heavy atom. The minimum absolute atomic E-state index is 0.514. The van der Waals surface area contributed by atoms with Gasteiger partial charge in [0.15, 0.2) is 0 Å². The summed E-state index contributed by atoms with van der Waals surface area (Å²) in [6, 6.07) is 9.53. The fourth-order valence-corrected chi connectivity index (χ4v) is 1.81. The van der Waals surface area contributed by atoms with E-state index < -0.39 is 0 Å². The third-order valence-electron chi connectivity index (χ3n) is 2.88. The first-order valence-electron chi connectivity index (χ1n) is 6.07. The predicted octanol–water partition coefficient (Wildman–Crippen LogP) is 2.10. The van der Waals surface area contributed by atoms with E-state index >= 15 is 0 Å². The second-order valence-corrected chi connectivity index (χ2v) is 4.10. The van der Waals surface area contributed by atoms with E-state index in [1.54, 1.807) is 12.1 Å². The maximum absolute atomic E-state index is 8.74. The molecule has 0 saturated carbocycles. The zero-order valence-electron chi connectivity index (χ0n) is 10.7. The molecule has 0 unspecified atom stereocenters. The summed E-state index contributed by atoms with van der Waals surface area (Å²) in [7, 11) is 0. The van der Waals surface area contributed by atoms with Crippen LogP contribution in [0.15, 0.2) is 30.6 Å². The fraction of sp³-hybridized carbons (Fsp3) is 0.214. The lowest BCUT2D eigenvalue weighted by atomic mass is 10.1. The van der Waals surface area contributed by atoms with Gasteiger partial charge in [-0.1, -0.05) is 19.1 Å². The number of hydrogen-bond acceptors (Lipinski definition) is 5. The molecule has 0 fully saturated rings. The van der Waals surface area contributed by atoms with Gasteiger partial charge in [-0.05, 0) is 24.1 Å². The summed E-state index contributed by atoms with van der Waals surface area (Å²) in [5, 5.41) is 12.0. The molecule has 19 heavy (non-hydrogen) atoms. The summed E-state index contributed by atoms with van der Waals surface area (Å²) >= 11 is 0. The van der Waals surface area contributed by atoms with Crippen LogP contribution in [0.25, 0.3) is 0 Å². The lowest BCUT2D eigenvalue weighted by Crippen LogP contribution is -2.07. The van der Waals surface area contributed by atoms with Gasteiger partial charge in [-0.25, -0.2) is 9.97 Å². The van der Waals surface area contributed by atoms with E-state index in [1.165, 1.54) is 6.33 Å². The highest BCUT2D eigenvalue weighted by Gasteiger charge is 2.06. The Morgan fingerprint density at radius 1 is 1.26 bits per heavy atom. The second kappa shape index (κ2) is 5.83. The largest absolute Gasteiger partial charge is 0.383 e. The van der Waals surface area contributed by atoms with Gasteiger partial charge in [-0.15, -0.1) is 0 Å². The van der Waals surface area contributed by atoms with Crippen molar-refractivity contribution >= 4 is 11.6 Å². The van der Waals surface area contributed by atoms with Crippen molar-refractivity contribution in [3.63, 3.8) is 0 Å². The van der Waals surface area contributed by atoms with Gasteiger partial charge in [0, 0.05) is 12.1 Å². The number of anilines is 2.